The Bertz CT molecular complexity index is 242. The number of rotatable bonds is 1. The van der Waals surface area contributed by atoms with E-state index in [-0.39, 0.29) is 0 Å². The molecule has 0 nitrogen and oxygen atoms in total. The molecule has 0 fully saturated rings. The fraction of sp³-hybridized carbons (Fsp3) is 0.571. The first-order valence-electron chi connectivity index (χ1n) is 3.37. The number of hydrogen-bond acceptors (Lipinski definition) is 2. The first kappa shape index (κ1) is 8.35. The molecule has 0 bridgehead atoms. The molecule has 60 valence electrons. The van der Waals surface area contributed by atoms with Crippen LogP contribution in [0.1, 0.15) is 9.75 Å². The van der Waals surface area contributed by atoms with Crippen molar-refractivity contribution in [3.05, 3.63) is 9.75 Å². The summed E-state index contributed by atoms with van der Waals surface area (Å²) in [5, 5.41) is 0. The van der Waals surface area contributed by atoms with Gasteiger partial charge in [0.15, 0.2) is 21.3 Å². The average molecular weight is 222 g/mol. The van der Waals surface area contributed by atoms with Gasteiger partial charge in [0.1, 0.15) is 22.7 Å². The van der Waals surface area contributed by atoms with Crippen LogP contribution in [0.4, 0.5) is 0 Å². The van der Waals surface area contributed by atoms with Crippen molar-refractivity contribution in [2.24, 2.45) is 0 Å². The molecule has 1 aromatic rings. The highest BCUT2D eigenvalue weighted by Gasteiger charge is 2.37. The average Bonchev–Trinajstić information content (AvgIpc) is 2.43. The van der Waals surface area contributed by atoms with Crippen molar-refractivity contribution in [3.63, 3.8) is 0 Å². The van der Waals surface area contributed by atoms with Gasteiger partial charge in [-0.25, -0.2) is 0 Å². The summed E-state index contributed by atoms with van der Waals surface area (Å²) in [5.41, 5.74) is 0. The highest BCUT2D eigenvalue weighted by molar-refractivity contribution is 8.02. The van der Waals surface area contributed by atoms with Gasteiger partial charge in [0.05, 0.1) is 6.26 Å². The summed E-state index contributed by atoms with van der Waals surface area (Å²) < 4.78 is 1.53. The maximum atomic E-state index is 2.37. The molecule has 2 heterocycles. The van der Waals surface area contributed by atoms with Gasteiger partial charge < -0.3 is 0 Å². The van der Waals surface area contributed by atoms with Crippen LogP contribution in [0.2, 0.25) is 0 Å². The van der Waals surface area contributed by atoms with E-state index in [2.05, 4.69) is 12.5 Å². The van der Waals surface area contributed by atoms with Crippen LogP contribution in [0.15, 0.2) is 3.52 Å². The van der Waals surface area contributed by atoms with E-state index in [9.17, 15) is 0 Å². The molecule has 4 heteroatoms. The second kappa shape index (κ2) is 3.24. The van der Waals surface area contributed by atoms with Crippen molar-refractivity contribution in [2.45, 2.75) is 15.0 Å². The third kappa shape index (κ3) is 1.59. The van der Waals surface area contributed by atoms with Crippen molar-refractivity contribution in [3.8, 4) is 0 Å². The molecule has 0 aromatic carbocycles. The number of thioether (sulfide) groups is 1. The summed E-state index contributed by atoms with van der Waals surface area (Å²) in [6, 6.07) is 0. The highest BCUT2D eigenvalue weighted by Crippen LogP contribution is 2.41. The predicted octanol–water partition coefficient (Wildman–Crippen LogP) is 3.07. The molecule has 0 radical (unpaired) electrons. The molecular formula is C7H10S4+2. The Kier molecular flexibility index (Phi) is 2.46. The molecule has 1 aromatic heterocycles. The van der Waals surface area contributed by atoms with Crippen LogP contribution in [0, 0.1) is 0 Å². The van der Waals surface area contributed by atoms with Crippen LogP contribution in [-0.4, -0.2) is 12.5 Å². The van der Waals surface area contributed by atoms with E-state index in [1.807, 2.05) is 34.4 Å². The first-order chi connectivity index (χ1) is 5.29. The maximum absolute atomic E-state index is 2.37. The van der Waals surface area contributed by atoms with Gasteiger partial charge in [-0.2, -0.15) is 0 Å². The lowest BCUT2D eigenvalue weighted by atomic mass is 10.5. The van der Waals surface area contributed by atoms with Gasteiger partial charge in [-0.15, -0.1) is 0 Å². The highest BCUT2D eigenvalue weighted by atomic mass is 32.2. The molecule has 11 heavy (non-hydrogen) atoms. The minimum atomic E-state index is 0.663. The summed E-state index contributed by atoms with van der Waals surface area (Å²) in [6.07, 6.45) is 4.54. The Morgan fingerprint density at radius 1 is 1.55 bits per heavy atom. The van der Waals surface area contributed by atoms with Gasteiger partial charge in [0, 0.05) is 0 Å². The molecule has 0 atom stereocenters. The van der Waals surface area contributed by atoms with Gasteiger partial charge in [0.25, 0.3) is 0 Å². The monoisotopic (exact) mass is 222 g/mol. The third-order valence-electron chi connectivity index (χ3n) is 1.65. The second-order valence-corrected chi connectivity index (χ2v) is 8.52. The Morgan fingerprint density at radius 2 is 2.36 bits per heavy atom. The molecule has 0 aliphatic carbocycles. The Hall–Kier alpha value is 0.750. The summed E-state index contributed by atoms with van der Waals surface area (Å²) in [5.74, 6) is 2.72. The third-order valence-corrected chi connectivity index (χ3v) is 7.64. The molecule has 0 unspecified atom stereocenters. The fourth-order valence-corrected chi connectivity index (χ4v) is 7.41. The van der Waals surface area contributed by atoms with E-state index in [0.717, 1.165) is 0 Å². The lowest BCUT2D eigenvalue weighted by Gasteiger charge is -1.83. The van der Waals surface area contributed by atoms with E-state index < -0.39 is 0 Å². The van der Waals surface area contributed by atoms with Crippen molar-refractivity contribution in [1.29, 1.82) is 0 Å². The summed E-state index contributed by atoms with van der Waals surface area (Å²) in [6.45, 7) is 0. The predicted molar refractivity (Wildman–Crippen MR) is 59.1 cm³/mol. The SMILES string of the molecule is CSc1sc2c([s+]1)C[S+](C)C2. The van der Waals surface area contributed by atoms with Crippen LogP contribution in [0.3, 0.4) is 0 Å². The largest absolute Gasteiger partial charge is 0.312 e. The fourth-order valence-electron chi connectivity index (χ4n) is 1.14. The zero-order chi connectivity index (χ0) is 7.84. The zero-order valence-corrected chi connectivity index (χ0v) is 9.81. The van der Waals surface area contributed by atoms with E-state index in [4.69, 9.17) is 0 Å². The first-order valence-corrected chi connectivity index (χ1v) is 8.20. The molecule has 0 spiro atoms. The number of fused-ring (bicyclic) bond motifs is 1. The van der Waals surface area contributed by atoms with Crippen LogP contribution in [0.25, 0.3) is 0 Å². The summed E-state index contributed by atoms with van der Waals surface area (Å²) >= 11 is 5.92. The van der Waals surface area contributed by atoms with Crippen molar-refractivity contribution >= 4 is 45.3 Å². The smallest absolute Gasteiger partial charge is 0.0591 e. The Morgan fingerprint density at radius 3 is 3.00 bits per heavy atom. The topological polar surface area (TPSA) is 0 Å². The minimum Gasteiger partial charge on any atom is -0.0591 e. The van der Waals surface area contributed by atoms with Gasteiger partial charge in [-0.1, -0.05) is 11.8 Å². The summed E-state index contributed by atoms with van der Waals surface area (Å²) in [4.78, 5) is 3.34. The standard InChI is InChI=1S/C7H10S4/c1-8-7-9-5-3-11(2)4-6(5)10-7/h3-4H2,1-2H3/q+2. The van der Waals surface area contributed by atoms with Crippen LogP contribution < -0.4 is 0 Å². The molecule has 0 amide bonds. The maximum Gasteiger partial charge on any atom is 0.312 e. The van der Waals surface area contributed by atoms with Gasteiger partial charge in [-0.3, -0.25) is 0 Å². The zero-order valence-electron chi connectivity index (χ0n) is 6.55. The molecule has 0 N–H and O–H groups in total. The minimum absolute atomic E-state index is 0.663. The normalized spacial score (nSPS) is 22.2. The molecule has 2 rings (SSSR count). The lowest BCUT2D eigenvalue weighted by molar-refractivity contribution is 1.53. The van der Waals surface area contributed by atoms with Crippen LogP contribution in [-0.2, 0) is 22.4 Å². The molecule has 0 saturated carbocycles. The van der Waals surface area contributed by atoms with E-state index in [1.54, 1.807) is 9.75 Å². The van der Waals surface area contributed by atoms with Crippen molar-refractivity contribution in [2.75, 3.05) is 12.5 Å². The molecule has 0 saturated heterocycles. The molecular weight excluding hydrogens is 212 g/mol. The van der Waals surface area contributed by atoms with Crippen molar-refractivity contribution in [1.82, 2.24) is 0 Å². The number of hydrogen-bond donors (Lipinski definition) is 0. The quantitative estimate of drug-likeness (QED) is 0.520. The summed E-state index contributed by atoms with van der Waals surface area (Å²) in [7, 11) is 0.663. The molecule has 1 aliphatic rings. The van der Waals surface area contributed by atoms with E-state index >= 15 is 0 Å². The van der Waals surface area contributed by atoms with E-state index in [0.29, 0.717) is 10.9 Å². The van der Waals surface area contributed by atoms with Gasteiger partial charge in [-0.05, 0) is 17.2 Å². The van der Waals surface area contributed by atoms with Crippen molar-refractivity contribution < 1.29 is 0 Å². The van der Waals surface area contributed by atoms with E-state index in [1.165, 1.54) is 15.0 Å². The van der Waals surface area contributed by atoms with Gasteiger partial charge in [0.2, 0.25) is 0 Å². The molecule has 1 aliphatic heterocycles. The Balaban J connectivity index is 2.29. The van der Waals surface area contributed by atoms with Gasteiger partial charge >= 0.3 is 3.52 Å². The second-order valence-electron chi connectivity index (χ2n) is 2.57. The lowest BCUT2D eigenvalue weighted by Crippen LogP contribution is -1.93. The van der Waals surface area contributed by atoms with Crippen LogP contribution in [0.5, 0.6) is 0 Å². The van der Waals surface area contributed by atoms with Crippen LogP contribution >= 0.6 is 34.4 Å². The Labute approximate surface area is 82.4 Å².